The van der Waals surface area contributed by atoms with Crippen molar-refractivity contribution in [3.05, 3.63) is 0 Å². The summed E-state index contributed by atoms with van der Waals surface area (Å²) in [6, 6.07) is 0. The Labute approximate surface area is 97.6 Å². The van der Waals surface area contributed by atoms with Crippen LogP contribution in [0.4, 0.5) is 0 Å². The molecule has 94 valence electrons. The first-order valence-corrected chi connectivity index (χ1v) is 5.95. The number of aliphatic carboxylic acids is 1. The minimum absolute atomic E-state index is 0.115. The molecule has 4 nitrogen and oxygen atoms in total. The molecule has 1 rings (SSSR count). The van der Waals surface area contributed by atoms with Gasteiger partial charge in [-0.05, 0) is 39.7 Å². The van der Waals surface area contributed by atoms with Crippen molar-refractivity contribution in [1.29, 1.82) is 0 Å². The Bertz CT molecular complexity index is 240. The predicted molar refractivity (Wildman–Crippen MR) is 62.5 cm³/mol. The number of methoxy groups -OCH3 is 1. The van der Waals surface area contributed by atoms with E-state index >= 15 is 0 Å². The molecule has 1 heterocycles. The van der Waals surface area contributed by atoms with E-state index in [1.807, 2.05) is 0 Å². The van der Waals surface area contributed by atoms with E-state index in [0.29, 0.717) is 6.54 Å². The van der Waals surface area contributed by atoms with E-state index in [-0.39, 0.29) is 11.5 Å². The zero-order valence-corrected chi connectivity index (χ0v) is 10.5. The van der Waals surface area contributed by atoms with Gasteiger partial charge in [0, 0.05) is 20.2 Å². The molecule has 0 aromatic carbocycles. The molecule has 1 fully saturated rings. The van der Waals surface area contributed by atoms with Gasteiger partial charge in [0.1, 0.15) is 0 Å². The van der Waals surface area contributed by atoms with Crippen LogP contribution in [0.2, 0.25) is 0 Å². The lowest BCUT2D eigenvalue weighted by Gasteiger charge is -2.33. The number of hydrogen-bond donors (Lipinski definition) is 1. The minimum Gasteiger partial charge on any atom is -0.481 e. The first kappa shape index (κ1) is 13.5. The molecule has 0 bridgehead atoms. The first-order chi connectivity index (χ1) is 7.44. The van der Waals surface area contributed by atoms with Gasteiger partial charge in [-0.25, -0.2) is 0 Å². The number of hydrogen-bond acceptors (Lipinski definition) is 3. The van der Waals surface area contributed by atoms with Crippen LogP contribution in [0.25, 0.3) is 0 Å². The molecular weight excluding hydrogens is 206 g/mol. The topological polar surface area (TPSA) is 49.8 Å². The monoisotopic (exact) mass is 229 g/mol. The second-order valence-electron chi connectivity index (χ2n) is 5.19. The summed E-state index contributed by atoms with van der Waals surface area (Å²) < 4.78 is 5.36. The van der Waals surface area contributed by atoms with Crippen LogP contribution in [-0.4, -0.2) is 48.3 Å². The maximum Gasteiger partial charge on any atom is 0.307 e. The Hall–Kier alpha value is -0.610. The van der Waals surface area contributed by atoms with Crippen LogP contribution in [0.5, 0.6) is 0 Å². The summed E-state index contributed by atoms with van der Waals surface area (Å²) in [5, 5.41) is 8.98. The minimum atomic E-state index is -0.657. The van der Waals surface area contributed by atoms with E-state index in [1.165, 1.54) is 0 Å². The van der Waals surface area contributed by atoms with Crippen molar-refractivity contribution in [2.75, 3.05) is 26.7 Å². The summed E-state index contributed by atoms with van der Waals surface area (Å²) in [6.07, 6.45) is 2.75. The fraction of sp³-hybridized carbons (Fsp3) is 0.917. The van der Waals surface area contributed by atoms with Crippen LogP contribution < -0.4 is 0 Å². The van der Waals surface area contributed by atoms with Gasteiger partial charge in [0.2, 0.25) is 0 Å². The van der Waals surface area contributed by atoms with E-state index in [0.717, 1.165) is 32.4 Å². The third-order valence-electron chi connectivity index (χ3n) is 3.44. The smallest absolute Gasteiger partial charge is 0.307 e. The Balaban J connectivity index is 2.35. The van der Waals surface area contributed by atoms with Gasteiger partial charge in [0.05, 0.1) is 11.5 Å². The van der Waals surface area contributed by atoms with Crippen molar-refractivity contribution in [2.45, 2.75) is 38.7 Å². The third-order valence-corrected chi connectivity index (χ3v) is 3.44. The molecule has 0 aromatic rings. The number of piperidine rings is 1. The van der Waals surface area contributed by atoms with E-state index in [4.69, 9.17) is 9.84 Å². The van der Waals surface area contributed by atoms with Gasteiger partial charge in [0.15, 0.2) is 0 Å². The summed E-state index contributed by atoms with van der Waals surface area (Å²) in [6.45, 7) is 6.75. The van der Waals surface area contributed by atoms with Gasteiger partial charge >= 0.3 is 5.97 Å². The second kappa shape index (κ2) is 5.64. The molecule has 0 saturated carbocycles. The number of carbonyl (C=O) groups is 1. The maximum atomic E-state index is 10.9. The number of carboxylic acid groups (broad SMARTS) is 1. The number of rotatable bonds is 5. The summed E-state index contributed by atoms with van der Waals surface area (Å²) in [5.41, 5.74) is -0.115. The molecule has 4 heteroatoms. The van der Waals surface area contributed by atoms with Crippen LogP contribution >= 0.6 is 0 Å². The number of ether oxygens (including phenoxy) is 1. The molecule has 1 N–H and O–H groups in total. The van der Waals surface area contributed by atoms with Gasteiger partial charge in [-0.15, -0.1) is 0 Å². The van der Waals surface area contributed by atoms with Crippen LogP contribution in [0.3, 0.4) is 0 Å². The molecule has 1 saturated heterocycles. The van der Waals surface area contributed by atoms with Crippen molar-refractivity contribution in [2.24, 2.45) is 5.92 Å². The summed E-state index contributed by atoms with van der Waals surface area (Å²) >= 11 is 0. The zero-order valence-electron chi connectivity index (χ0n) is 10.5. The Morgan fingerprint density at radius 3 is 2.81 bits per heavy atom. The zero-order chi connectivity index (χ0) is 12.2. The molecule has 1 atom stereocenters. The molecule has 16 heavy (non-hydrogen) atoms. The van der Waals surface area contributed by atoms with Crippen molar-refractivity contribution in [3.63, 3.8) is 0 Å². The normalized spacial score (nSPS) is 23.3. The largest absolute Gasteiger partial charge is 0.481 e. The lowest BCUT2D eigenvalue weighted by atomic mass is 9.97. The molecule has 1 aliphatic heterocycles. The molecule has 0 aliphatic carbocycles. The molecule has 0 amide bonds. The summed E-state index contributed by atoms with van der Waals surface area (Å²) in [5.74, 6) is -0.838. The van der Waals surface area contributed by atoms with Crippen molar-refractivity contribution < 1.29 is 14.6 Å². The predicted octanol–water partition coefficient (Wildman–Crippen LogP) is 1.60. The van der Waals surface area contributed by atoms with E-state index < -0.39 is 5.97 Å². The summed E-state index contributed by atoms with van der Waals surface area (Å²) in [4.78, 5) is 13.1. The number of carboxylic acids is 1. The Morgan fingerprint density at radius 2 is 2.25 bits per heavy atom. The quantitative estimate of drug-likeness (QED) is 0.778. The standard InChI is InChI=1S/C12H23NO3/c1-12(2,16-3)6-8-13-7-4-5-10(9-13)11(14)15/h10H,4-9H2,1-3H3,(H,14,15). The highest BCUT2D eigenvalue weighted by Crippen LogP contribution is 2.19. The van der Waals surface area contributed by atoms with E-state index in [1.54, 1.807) is 7.11 Å². The van der Waals surface area contributed by atoms with E-state index in [2.05, 4.69) is 18.7 Å². The van der Waals surface area contributed by atoms with Crippen LogP contribution in [-0.2, 0) is 9.53 Å². The van der Waals surface area contributed by atoms with Crippen LogP contribution in [0.1, 0.15) is 33.1 Å². The maximum absolute atomic E-state index is 10.9. The molecular formula is C12H23NO3. The lowest BCUT2D eigenvalue weighted by molar-refractivity contribution is -0.143. The van der Waals surface area contributed by atoms with Crippen molar-refractivity contribution in [1.82, 2.24) is 4.90 Å². The number of nitrogens with zero attached hydrogens (tertiary/aromatic N) is 1. The van der Waals surface area contributed by atoms with Gasteiger partial charge in [-0.1, -0.05) is 0 Å². The average Bonchev–Trinajstić information content (AvgIpc) is 2.27. The molecule has 0 spiro atoms. The lowest BCUT2D eigenvalue weighted by Crippen LogP contribution is -2.41. The molecule has 1 aliphatic rings. The van der Waals surface area contributed by atoms with Crippen molar-refractivity contribution in [3.8, 4) is 0 Å². The molecule has 0 radical (unpaired) electrons. The second-order valence-corrected chi connectivity index (χ2v) is 5.19. The highest BCUT2D eigenvalue weighted by atomic mass is 16.5. The fourth-order valence-corrected chi connectivity index (χ4v) is 1.99. The van der Waals surface area contributed by atoms with Crippen molar-refractivity contribution >= 4 is 5.97 Å². The van der Waals surface area contributed by atoms with Gasteiger partial charge < -0.3 is 14.7 Å². The van der Waals surface area contributed by atoms with Gasteiger partial charge in [0.25, 0.3) is 0 Å². The summed E-state index contributed by atoms with van der Waals surface area (Å²) in [7, 11) is 1.72. The fourth-order valence-electron chi connectivity index (χ4n) is 1.99. The SMILES string of the molecule is COC(C)(C)CCN1CCCC(C(=O)O)C1. The average molecular weight is 229 g/mol. The first-order valence-electron chi connectivity index (χ1n) is 5.95. The highest BCUT2D eigenvalue weighted by molar-refractivity contribution is 5.70. The molecule has 0 aromatic heterocycles. The Kier molecular flexibility index (Phi) is 4.74. The molecule has 1 unspecified atom stereocenters. The van der Waals surface area contributed by atoms with Crippen LogP contribution in [0, 0.1) is 5.92 Å². The van der Waals surface area contributed by atoms with Gasteiger partial charge in [-0.3, -0.25) is 4.79 Å². The highest BCUT2D eigenvalue weighted by Gasteiger charge is 2.26. The number of likely N-dealkylation sites (tertiary alicyclic amines) is 1. The van der Waals surface area contributed by atoms with Crippen LogP contribution in [0.15, 0.2) is 0 Å². The van der Waals surface area contributed by atoms with Gasteiger partial charge in [-0.2, -0.15) is 0 Å². The third kappa shape index (κ3) is 4.10. The Morgan fingerprint density at radius 1 is 1.56 bits per heavy atom. The van der Waals surface area contributed by atoms with E-state index in [9.17, 15) is 4.79 Å².